The molecule has 0 saturated carbocycles. The minimum atomic E-state index is -3.51. The average molecular weight is 341 g/mol. The summed E-state index contributed by atoms with van der Waals surface area (Å²) in [6, 6.07) is 3.50. The number of rotatable bonds is 7. The molecule has 1 atom stereocenters. The second-order valence-electron chi connectivity index (χ2n) is 6.43. The van der Waals surface area contributed by atoms with Crippen LogP contribution in [0.2, 0.25) is 0 Å². The number of aromatic nitrogens is 1. The molecule has 0 aromatic carbocycles. The van der Waals surface area contributed by atoms with Crippen LogP contribution in [0, 0.1) is 5.92 Å². The number of ether oxygens (including phenoxy) is 1. The Bertz CT molecular complexity index is 569. The van der Waals surface area contributed by atoms with E-state index in [0.29, 0.717) is 19.0 Å². The van der Waals surface area contributed by atoms with Gasteiger partial charge in [0.05, 0.1) is 6.10 Å². The molecule has 2 heterocycles. The van der Waals surface area contributed by atoms with Gasteiger partial charge in [-0.1, -0.05) is 19.9 Å². The van der Waals surface area contributed by atoms with Gasteiger partial charge in [0.25, 0.3) is 10.2 Å². The van der Waals surface area contributed by atoms with Crippen molar-refractivity contribution in [2.75, 3.05) is 20.2 Å². The Labute approximate surface area is 139 Å². The van der Waals surface area contributed by atoms with Gasteiger partial charge in [0.2, 0.25) is 0 Å². The molecule has 6 nitrogen and oxygen atoms in total. The first-order valence-corrected chi connectivity index (χ1v) is 9.56. The lowest BCUT2D eigenvalue weighted by atomic mass is 9.99. The van der Waals surface area contributed by atoms with Crippen molar-refractivity contribution in [2.45, 2.75) is 45.3 Å². The molecule has 1 unspecified atom stereocenters. The average Bonchev–Trinajstić information content (AvgIpc) is 2.54. The lowest BCUT2D eigenvalue weighted by Crippen LogP contribution is -2.47. The van der Waals surface area contributed by atoms with Gasteiger partial charge in [0.15, 0.2) is 0 Å². The summed E-state index contributed by atoms with van der Waals surface area (Å²) >= 11 is 0. The van der Waals surface area contributed by atoms with E-state index < -0.39 is 10.2 Å². The van der Waals surface area contributed by atoms with Crippen molar-refractivity contribution in [3.8, 4) is 0 Å². The zero-order chi connectivity index (χ0) is 16.9. The minimum absolute atomic E-state index is 0.159. The molecule has 0 spiro atoms. The third kappa shape index (κ3) is 5.24. The Morgan fingerprint density at radius 2 is 2.09 bits per heavy atom. The third-order valence-electron chi connectivity index (χ3n) is 4.16. The Hall–Kier alpha value is -1.02. The molecule has 2 rings (SSSR count). The van der Waals surface area contributed by atoms with Gasteiger partial charge < -0.3 is 4.74 Å². The number of methoxy groups -OCH3 is 1. The van der Waals surface area contributed by atoms with Gasteiger partial charge in [0.1, 0.15) is 0 Å². The van der Waals surface area contributed by atoms with E-state index >= 15 is 0 Å². The Balaban J connectivity index is 2.09. The van der Waals surface area contributed by atoms with Crippen LogP contribution in [0.25, 0.3) is 0 Å². The first-order valence-electron chi connectivity index (χ1n) is 8.12. The van der Waals surface area contributed by atoms with Crippen LogP contribution in [0.1, 0.15) is 44.7 Å². The largest absolute Gasteiger partial charge is 0.381 e. The summed E-state index contributed by atoms with van der Waals surface area (Å²) in [6.07, 6.45) is 5.79. The zero-order valence-electron chi connectivity index (χ0n) is 14.1. The molecule has 1 N–H and O–H groups in total. The number of pyridine rings is 1. The summed E-state index contributed by atoms with van der Waals surface area (Å²) in [4.78, 5) is 4.11. The summed E-state index contributed by atoms with van der Waals surface area (Å²) in [5.74, 6) is 0.377. The van der Waals surface area contributed by atoms with Crippen molar-refractivity contribution in [2.24, 2.45) is 5.92 Å². The maximum atomic E-state index is 12.7. The van der Waals surface area contributed by atoms with E-state index in [0.717, 1.165) is 24.8 Å². The summed E-state index contributed by atoms with van der Waals surface area (Å²) in [5, 5.41) is 0. The van der Waals surface area contributed by atoms with Gasteiger partial charge in [-0.2, -0.15) is 17.4 Å². The molecule has 0 aliphatic carbocycles. The highest BCUT2D eigenvalue weighted by Gasteiger charge is 2.30. The molecule has 0 radical (unpaired) electrons. The van der Waals surface area contributed by atoms with Crippen LogP contribution >= 0.6 is 0 Å². The molecular weight excluding hydrogens is 314 g/mol. The van der Waals surface area contributed by atoms with Gasteiger partial charge in [-0.3, -0.25) is 4.98 Å². The van der Waals surface area contributed by atoms with E-state index in [1.54, 1.807) is 19.5 Å². The number of hydrogen-bond acceptors (Lipinski definition) is 4. The predicted molar refractivity (Wildman–Crippen MR) is 90.1 cm³/mol. The maximum Gasteiger partial charge on any atom is 0.280 e. The van der Waals surface area contributed by atoms with E-state index in [4.69, 9.17) is 4.74 Å². The van der Waals surface area contributed by atoms with E-state index in [1.807, 2.05) is 12.1 Å². The first-order chi connectivity index (χ1) is 10.9. The van der Waals surface area contributed by atoms with Crippen LogP contribution < -0.4 is 4.72 Å². The third-order valence-corrected chi connectivity index (χ3v) is 5.79. The lowest BCUT2D eigenvalue weighted by Gasteiger charge is -2.32. The topological polar surface area (TPSA) is 71.5 Å². The predicted octanol–water partition coefficient (Wildman–Crippen LogP) is 2.11. The summed E-state index contributed by atoms with van der Waals surface area (Å²) in [7, 11) is -1.83. The van der Waals surface area contributed by atoms with Crippen molar-refractivity contribution in [3.63, 3.8) is 0 Å². The highest BCUT2D eigenvalue weighted by atomic mass is 32.2. The summed E-state index contributed by atoms with van der Waals surface area (Å²) in [5.41, 5.74) is 0.900. The number of piperidine rings is 1. The molecule has 1 aromatic heterocycles. The normalized spacial score (nSPS) is 19.1. The summed E-state index contributed by atoms with van der Waals surface area (Å²) < 4.78 is 35.1. The molecule has 1 aliphatic heterocycles. The standard InChI is InChI=1S/C16H27N3O3S/c1-13(2)11-16(14-5-4-8-17-12-14)18-23(20,21)19-9-6-15(22-3)7-10-19/h4-5,8,12-13,15-16,18H,6-7,9-11H2,1-3H3. The maximum absolute atomic E-state index is 12.7. The van der Waals surface area contributed by atoms with Crippen LogP contribution in [-0.4, -0.2) is 44.0 Å². The highest BCUT2D eigenvalue weighted by molar-refractivity contribution is 7.87. The van der Waals surface area contributed by atoms with E-state index in [9.17, 15) is 8.42 Å². The van der Waals surface area contributed by atoms with Gasteiger partial charge in [-0.05, 0) is 36.8 Å². The molecule has 1 fully saturated rings. The van der Waals surface area contributed by atoms with Crippen LogP contribution in [-0.2, 0) is 14.9 Å². The van der Waals surface area contributed by atoms with E-state index in [-0.39, 0.29) is 12.1 Å². The van der Waals surface area contributed by atoms with Crippen LogP contribution in [0.3, 0.4) is 0 Å². The molecule has 130 valence electrons. The Morgan fingerprint density at radius 1 is 1.39 bits per heavy atom. The molecule has 1 saturated heterocycles. The molecule has 1 aromatic rings. The lowest BCUT2D eigenvalue weighted by molar-refractivity contribution is 0.0601. The van der Waals surface area contributed by atoms with E-state index in [2.05, 4.69) is 23.6 Å². The Kier molecular flexibility index (Phi) is 6.52. The molecule has 1 aliphatic rings. The van der Waals surface area contributed by atoms with Crippen molar-refractivity contribution in [1.29, 1.82) is 0 Å². The molecule has 0 amide bonds. The fourth-order valence-corrected chi connectivity index (χ4v) is 4.30. The SMILES string of the molecule is COC1CCN(S(=O)(=O)NC(CC(C)C)c2cccnc2)CC1. The van der Waals surface area contributed by atoms with Gasteiger partial charge in [-0.15, -0.1) is 0 Å². The summed E-state index contributed by atoms with van der Waals surface area (Å²) in [6.45, 7) is 5.16. The smallest absolute Gasteiger partial charge is 0.280 e. The van der Waals surface area contributed by atoms with Crippen molar-refractivity contribution >= 4 is 10.2 Å². The fourth-order valence-electron chi connectivity index (χ4n) is 2.87. The second kappa shape index (κ2) is 8.19. The van der Waals surface area contributed by atoms with Gasteiger partial charge >= 0.3 is 0 Å². The van der Waals surface area contributed by atoms with Gasteiger partial charge in [-0.25, -0.2) is 0 Å². The quantitative estimate of drug-likeness (QED) is 0.824. The van der Waals surface area contributed by atoms with Crippen LogP contribution in [0.5, 0.6) is 0 Å². The number of nitrogens with zero attached hydrogens (tertiary/aromatic N) is 2. The highest BCUT2D eigenvalue weighted by Crippen LogP contribution is 2.23. The van der Waals surface area contributed by atoms with E-state index in [1.165, 1.54) is 4.31 Å². The van der Waals surface area contributed by atoms with Crippen molar-refractivity contribution in [1.82, 2.24) is 14.0 Å². The number of nitrogens with one attached hydrogen (secondary N) is 1. The van der Waals surface area contributed by atoms with Crippen molar-refractivity contribution < 1.29 is 13.2 Å². The minimum Gasteiger partial charge on any atom is -0.381 e. The zero-order valence-corrected chi connectivity index (χ0v) is 14.9. The fraction of sp³-hybridized carbons (Fsp3) is 0.688. The van der Waals surface area contributed by atoms with Crippen LogP contribution in [0.15, 0.2) is 24.5 Å². The molecular formula is C16H27N3O3S. The second-order valence-corrected chi connectivity index (χ2v) is 8.13. The molecule has 23 heavy (non-hydrogen) atoms. The molecule has 0 bridgehead atoms. The van der Waals surface area contributed by atoms with Crippen LogP contribution in [0.4, 0.5) is 0 Å². The van der Waals surface area contributed by atoms with Crippen molar-refractivity contribution in [3.05, 3.63) is 30.1 Å². The number of hydrogen-bond donors (Lipinski definition) is 1. The molecule has 7 heteroatoms. The first kappa shape index (κ1) is 18.3. The monoisotopic (exact) mass is 341 g/mol. The van der Waals surface area contributed by atoms with Gasteiger partial charge in [0, 0.05) is 38.6 Å². The Morgan fingerprint density at radius 3 is 2.61 bits per heavy atom.